The highest BCUT2D eigenvalue weighted by molar-refractivity contribution is 5.73. The Morgan fingerprint density at radius 2 is 2.11 bits per heavy atom. The molecule has 4 nitrogen and oxygen atoms in total. The lowest BCUT2D eigenvalue weighted by Gasteiger charge is -2.17. The minimum absolute atomic E-state index is 0.0108. The monoisotopic (exact) mass is 264 g/mol. The molecular weight excluding hydrogens is 240 g/mol. The van der Waals surface area contributed by atoms with E-state index in [1.54, 1.807) is 12.0 Å². The summed E-state index contributed by atoms with van der Waals surface area (Å²) in [6.45, 7) is 3.54. The first-order valence-corrected chi connectivity index (χ1v) is 6.80. The Hall–Kier alpha value is -1.71. The van der Waals surface area contributed by atoms with Crippen LogP contribution >= 0.6 is 0 Å². The molecule has 0 aliphatic carbocycles. The minimum atomic E-state index is -0.0108. The molecule has 0 fully saturated rings. The van der Waals surface area contributed by atoms with Gasteiger partial charge in [0.15, 0.2) is 0 Å². The number of urea groups is 1. The van der Waals surface area contributed by atoms with E-state index in [-0.39, 0.29) is 6.03 Å². The van der Waals surface area contributed by atoms with Crippen molar-refractivity contribution in [3.63, 3.8) is 0 Å². The molecule has 2 amide bonds. The van der Waals surface area contributed by atoms with Crippen LogP contribution in [0.1, 0.15) is 25.3 Å². The van der Waals surface area contributed by atoms with Gasteiger partial charge in [0.1, 0.15) is 5.75 Å². The third-order valence-corrected chi connectivity index (χ3v) is 3.06. The van der Waals surface area contributed by atoms with Crippen molar-refractivity contribution in [2.75, 3.05) is 27.2 Å². The fraction of sp³-hybridized carbons (Fsp3) is 0.533. The zero-order valence-corrected chi connectivity index (χ0v) is 12.1. The van der Waals surface area contributed by atoms with Gasteiger partial charge in [-0.3, -0.25) is 0 Å². The van der Waals surface area contributed by atoms with Gasteiger partial charge >= 0.3 is 6.03 Å². The molecule has 1 rings (SSSR count). The number of para-hydroxylation sites is 1. The summed E-state index contributed by atoms with van der Waals surface area (Å²) in [5.74, 6) is 0.871. The van der Waals surface area contributed by atoms with Gasteiger partial charge in [0.2, 0.25) is 0 Å². The molecule has 0 aliphatic heterocycles. The summed E-state index contributed by atoms with van der Waals surface area (Å²) in [6.07, 6.45) is 2.91. The highest BCUT2D eigenvalue weighted by Gasteiger charge is 2.07. The van der Waals surface area contributed by atoms with E-state index < -0.39 is 0 Å². The predicted octanol–water partition coefficient (Wildman–Crippen LogP) is 2.68. The fourth-order valence-corrected chi connectivity index (χ4v) is 1.85. The molecule has 19 heavy (non-hydrogen) atoms. The smallest absolute Gasteiger partial charge is 0.317 e. The molecule has 106 valence electrons. The number of carbonyl (C=O) groups excluding carboxylic acids is 1. The van der Waals surface area contributed by atoms with Crippen molar-refractivity contribution in [2.45, 2.75) is 26.2 Å². The number of ether oxygens (including phenoxy) is 1. The van der Waals surface area contributed by atoms with Gasteiger partial charge in [-0.25, -0.2) is 4.79 Å². The number of carbonyl (C=O) groups is 1. The maximum atomic E-state index is 11.8. The number of methoxy groups -OCH3 is 1. The van der Waals surface area contributed by atoms with Gasteiger partial charge in [0, 0.05) is 20.1 Å². The summed E-state index contributed by atoms with van der Waals surface area (Å²) in [7, 11) is 3.49. The molecule has 0 aliphatic rings. The first kappa shape index (κ1) is 15.3. The molecule has 0 aromatic heterocycles. The van der Waals surface area contributed by atoms with Crippen molar-refractivity contribution in [2.24, 2.45) is 0 Å². The molecule has 0 atom stereocenters. The van der Waals surface area contributed by atoms with Crippen molar-refractivity contribution in [1.29, 1.82) is 0 Å². The molecule has 1 aromatic carbocycles. The zero-order chi connectivity index (χ0) is 14.1. The van der Waals surface area contributed by atoms with Crippen LogP contribution in [0.5, 0.6) is 5.75 Å². The quantitative estimate of drug-likeness (QED) is 0.822. The lowest BCUT2D eigenvalue weighted by atomic mass is 10.1. The standard InChI is InChI=1S/C15H24N2O2/c1-4-5-12-17(2)15(18)16-11-10-13-8-6-7-9-14(13)19-3/h6-9H,4-5,10-12H2,1-3H3,(H,16,18). The van der Waals surface area contributed by atoms with Crippen LogP contribution < -0.4 is 10.1 Å². The number of nitrogens with one attached hydrogen (secondary N) is 1. The Bertz CT molecular complexity index is 393. The van der Waals surface area contributed by atoms with Crippen molar-refractivity contribution in [3.05, 3.63) is 29.8 Å². The number of hydrogen-bond donors (Lipinski definition) is 1. The second-order valence-electron chi connectivity index (χ2n) is 4.57. The normalized spacial score (nSPS) is 10.1. The molecule has 1 aromatic rings. The molecule has 1 N–H and O–H groups in total. The largest absolute Gasteiger partial charge is 0.496 e. The minimum Gasteiger partial charge on any atom is -0.496 e. The predicted molar refractivity (Wildman–Crippen MR) is 77.6 cm³/mol. The van der Waals surface area contributed by atoms with Crippen LogP contribution in [0, 0.1) is 0 Å². The van der Waals surface area contributed by atoms with Crippen LogP contribution in [-0.2, 0) is 6.42 Å². The van der Waals surface area contributed by atoms with Crippen LogP contribution in [0.15, 0.2) is 24.3 Å². The van der Waals surface area contributed by atoms with Gasteiger partial charge in [0.05, 0.1) is 7.11 Å². The Morgan fingerprint density at radius 1 is 1.37 bits per heavy atom. The molecule has 0 bridgehead atoms. The van der Waals surface area contributed by atoms with Gasteiger partial charge in [-0.05, 0) is 24.5 Å². The number of hydrogen-bond acceptors (Lipinski definition) is 2. The molecule has 0 spiro atoms. The van der Waals surface area contributed by atoms with Crippen molar-refractivity contribution in [3.8, 4) is 5.75 Å². The van der Waals surface area contributed by atoms with E-state index in [0.29, 0.717) is 6.54 Å². The Morgan fingerprint density at radius 3 is 2.79 bits per heavy atom. The molecular formula is C15H24N2O2. The third kappa shape index (κ3) is 5.20. The van der Waals surface area contributed by atoms with Crippen LogP contribution in [0.3, 0.4) is 0 Å². The highest BCUT2D eigenvalue weighted by atomic mass is 16.5. The summed E-state index contributed by atoms with van der Waals surface area (Å²) in [4.78, 5) is 13.5. The average molecular weight is 264 g/mol. The second-order valence-corrected chi connectivity index (χ2v) is 4.57. The van der Waals surface area contributed by atoms with E-state index in [1.165, 1.54) is 0 Å². The summed E-state index contributed by atoms with van der Waals surface area (Å²) in [5.41, 5.74) is 1.11. The molecule has 4 heteroatoms. The van der Waals surface area contributed by atoms with Crippen molar-refractivity contribution in [1.82, 2.24) is 10.2 Å². The van der Waals surface area contributed by atoms with E-state index in [0.717, 1.165) is 37.1 Å². The lowest BCUT2D eigenvalue weighted by molar-refractivity contribution is 0.208. The van der Waals surface area contributed by atoms with Crippen LogP contribution in [0.4, 0.5) is 4.79 Å². The molecule has 0 saturated carbocycles. The van der Waals surface area contributed by atoms with Gasteiger partial charge < -0.3 is 15.0 Å². The maximum Gasteiger partial charge on any atom is 0.317 e. The lowest BCUT2D eigenvalue weighted by Crippen LogP contribution is -2.38. The van der Waals surface area contributed by atoms with Crippen molar-refractivity contribution >= 4 is 6.03 Å². The topological polar surface area (TPSA) is 41.6 Å². The fourth-order valence-electron chi connectivity index (χ4n) is 1.85. The first-order valence-electron chi connectivity index (χ1n) is 6.80. The van der Waals surface area contributed by atoms with E-state index in [2.05, 4.69) is 12.2 Å². The molecule has 0 saturated heterocycles. The van der Waals surface area contributed by atoms with E-state index in [1.807, 2.05) is 31.3 Å². The van der Waals surface area contributed by atoms with E-state index >= 15 is 0 Å². The first-order chi connectivity index (χ1) is 9.19. The number of nitrogens with zero attached hydrogens (tertiary/aromatic N) is 1. The highest BCUT2D eigenvalue weighted by Crippen LogP contribution is 2.17. The van der Waals surface area contributed by atoms with Gasteiger partial charge in [0.25, 0.3) is 0 Å². The molecule has 0 heterocycles. The Kier molecular flexibility index (Phi) is 6.79. The SMILES string of the molecule is CCCCN(C)C(=O)NCCc1ccccc1OC. The summed E-state index contributed by atoms with van der Waals surface area (Å²) >= 11 is 0. The van der Waals surface area contributed by atoms with E-state index in [9.17, 15) is 4.79 Å². The number of benzene rings is 1. The molecule has 0 radical (unpaired) electrons. The number of amides is 2. The zero-order valence-electron chi connectivity index (χ0n) is 12.1. The van der Waals surface area contributed by atoms with Gasteiger partial charge in [-0.2, -0.15) is 0 Å². The van der Waals surface area contributed by atoms with Gasteiger partial charge in [-0.15, -0.1) is 0 Å². The Balaban J connectivity index is 2.35. The maximum absolute atomic E-state index is 11.8. The second kappa shape index (κ2) is 8.40. The van der Waals surface area contributed by atoms with Crippen LogP contribution in [-0.4, -0.2) is 38.2 Å². The summed E-state index contributed by atoms with van der Waals surface area (Å²) in [6, 6.07) is 7.87. The van der Waals surface area contributed by atoms with Crippen molar-refractivity contribution < 1.29 is 9.53 Å². The van der Waals surface area contributed by atoms with Crippen LogP contribution in [0.25, 0.3) is 0 Å². The summed E-state index contributed by atoms with van der Waals surface area (Å²) in [5, 5.41) is 2.92. The third-order valence-electron chi connectivity index (χ3n) is 3.06. The number of rotatable bonds is 7. The van der Waals surface area contributed by atoms with Gasteiger partial charge in [-0.1, -0.05) is 31.5 Å². The summed E-state index contributed by atoms with van der Waals surface area (Å²) < 4.78 is 5.28. The average Bonchev–Trinajstić information content (AvgIpc) is 2.45. The Labute approximate surface area is 115 Å². The number of unbranched alkanes of at least 4 members (excludes halogenated alkanes) is 1. The van der Waals surface area contributed by atoms with E-state index in [4.69, 9.17) is 4.74 Å². The van der Waals surface area contributed by atoms with Crippen LogP contribution in [0.2, 0.25) is 0 Å². The molecule has 0 unspecified atom stereocenters.